The highest BCUT2D eigenvalue weighted by molar-refractivity contribution is 5.99. The monoisotopic (exact) mass is 332 g/mol. The van der Waals surface area contributed by atoms with Crippen LogP contribution in [0.5, 0.6) is 0 Å². The van der Waals surface area contributed by atoms with Crippen molar-refractivity contribution in [1.29, 1.82) is 0 Å². The standard InChI is InChI=1S/C19H28N2O3/c1-3-10-20(11-4-2)18(23)15-7-5-8-16(13-15)19(24)21-12-6-9-17(22)14-21/h5,7-8,13,17,22H,3-4,6,9-12,14H2,1-2H3. The molecule has 1 heterocycles. The maximum atomic E-state index is 12.7. The number of hydrogen-bond donors (Lipinski definition) is 1. The number of aliphatic hydroxyl groups excluding tert-OH is 1. The quantitative estimate of drug-likeness (QED) is 0.871. The van der Waals surface area contributed by atoms with Crippen LogP contribution >= 0.6 is 0 Å². The van der Waals surface area contributed by atoms with Gasteiger partial charge in [-0.05, 0) is 43.9 Å². The van der Waals surface area contributed by atoms with Crippen LogP contribution < -0.4 is 0 Å². The van der Waals surface area contributed by atoms with Gasteiger partial charge in [0.2, 0.25) is 0 Å². The second-order valence-corrected chi connectivity index (χ2v) is 6.42. The Hall–Kier alpha value is -1.88. The molecule has 1 N–H and O–H groups in total. The molecule has 5 nitrogen and oxygen atoms in total. The molecule has 2 rings (SSSR count). The van der Waals surface area contributed by atoms with Gasteiger partial charge in [0, 0.05) is 37.3 Å². The number of hydrogen-bond acceptors (Lipinski definition) is 3. The van der Waals surface area contributed by atoms with Gasteiger partial charge in [0.05, 0.1) is 6.10 Å². The molecule has 1 aliphatic rings. The Labute approximate surface area is 144 Å². The molecule has 5 heteroatoms. The van der Waals surface area contributed by atoms with Crippen molar-refractivity contribution >= 4 is 11.8 Å². The summed E-state index contributed by atoms with van der Waals surface area (Å²) in [6.45, 7) is 6.59. The van der Waals surface area contributed by atoms with Crippen LogP contribution in [0.15, 0.2) is 24.3 Å². The fourth-order valence-electron chi connectivity index (χ4n) is 3.14. The van der Waals surface area contributed by atoms with Crippen molar-refractivity contribution in [3.63, 3.8) is 0 Å². The Bertz CT molecular complexity index is 535. The third-order valence-corrected chi connectivity index (χ3v) is 4.31. The maximum Gasteiger partial charge on any atom is 0.253 e. The summed E-state index contributed by atoms with van der Waals surface area (Å²) < 4.78 is 0. The predicted molar refractivity (Wildman–Crippen MR) is 94.1 cm³/mol. The van der Waals surface area contributed by atoms with Gasteiger partial charge in [-0.25, -0.2) is 0 Å². The lowest BCUT2D eigenvalue weighted by atomic mass is 10.0. The normalized spacial score (nSPS) is 17.6. The fraction of sp³-hybridized carbons (Fsp3) is 0.579. The molecule has 1 aromatic rings. The lowest BCUT2D eigenvalue weighted by molar-refractivity contribution is 0.0473. The Morgan fingerprint density at radius 3 is 2.50 bits per heavy atom. The third kappa shape index (κ3) is 4.57. The molecule has 0 bridgehead atoms. The van der Waals surface area contributed by atoms with Gasteiger partial charge in [-0.3, -0.25) is 9.59 Å². The van der Waals surface area contributed by atoms with E-state index in [9.17, 15) is 14.7 Å². The first-order valence-corrected chi connectivity index (χ1v) is 8.93. The molecule has 1 aliphatic heterocycles. The summed E-state index contributed by atoms with van der Waals surface area (Å²) in [5.74, 6) is -0.132. The van der Waals surface area contributed by atoms with E-state index in [2.05, 4.69) is 13.8 Å². The average molecular weight is 332 g/mol. The first-order chi connectivity index (χ1) is 11.6. The van der Waals surface area contributed by atoms with Gasteiger partial charge >= 0.3 is 0 Å². The van der Waals surface area contributed by atoms with Crippen LogP contribution in [0.25, 0.3) is 0 Å². The topological polar surface area (TPSA) is 60.9 Å². The van der Waals surface area contributed by atoms with E-state index in [0.29, 0.717) is 24.2 Å². The van der Waals surface area contributed by atoms with Gasteiger partial charge in [-0.2, -0.15) is 0 Å². The number of rotatable bonds is 6. The lowest BCUT2D eigenvalue weighted by Crippen LogP contribution is -2.42. The molecular formula is C19H28N2O3. The molecule has 1 aromatic carbocycles. The first-order valence-electron chi connectivity index (χ1n) is 8.93. The fourth-order valence-corrected chi connectivity index (χ4v) is 3.14. The van der Waals surface area contributed by atoms with Crippen molar-refractivity contribution in [3.8, 4) is 0 Å². The van der Waals surface area contributed by atoms with Gasteiger partial charge < -0.3 is 14.9 Å². The summed E-state index contributed by atoms with van der Waals surface area (Å²) >= 11 is 0. The molecule has 0 radical (unpaired) electrons. The number of aliphatic hydroxyl groups is 1. The molecule has 1 atom stereocenters. The van der Waals surface area contributed by atoms with Crippen molar-refractivity contribution in [2.24, 2.45) is 0 Å². The number of β-amino-alcohol motifs (C(OH)–C–C–N with tert-alkyl or cyclic N) is 1. The van der Waals surface area contributed by atoms with Crippen LogP contribution in [0, 0.1) is 0 Å². The highest BCUT2D eigenvalue weighted by Crippen LogP contribution is 2.16. The van der Waals surface area contributed by atoms with E-state index in [1.165, 1.54) is 0 Å². The number of nitrogens with zero attached hydrogens (tertiary/aromatic N) is 2. The smallest absolute Gasteiger partial charge is 0.253 e. The molecule has 1 saturated heterocycles. The van der Waals surface area contributed by atoms with Crippen LogP contribution in [0.1, 0.15) is 60.2 Å². The average Bonchev–Trinajstić information content (AvgIpc) is 2.60. The SMILES string of the molecule is CCCN(CCC)C(=O)c1cccc(C(=O)N2CCCC(O)C2)c1. The molecule has 1 unspecified atom stereocenters. The number of carbonyl (C=O) groups excluding carboxylic acids is 2. The first kappa shape index (κ1) is 18.5. The zero-order chi connectivity index (χ0) is 17.5. The Balaban J connectivity index is 2.15. The van der Waals surface area contributed by atoms with Crippen LogP contribution in [-0.4, -0.2) is 59.0 Å². The van der Waals surface area contributed by atoms with E-state index >= 15 is 0 Å². The summed E-state index contributed by atoms with van der Waals surface area (Å²) in [5.41, 5.74) is 1.07. The minimum atomic E-state index is -0.447. The minimum Gasteiger partial charge on any atom is -0.391 e. The number of amides is 2. The Kier molecular flexibility index (Phi) is 6.79. The molecular weight excluding hydrogens is 304 g/mol. The van der Waals surface area contributed by atoms with Gasteiger partial charge in [0.15, 0.2) is 0 Å². The summed E-state index contributed by atoms with van der Waals surface area (Å²) in [6, 6.07) is 6.95. The van der Waals surface area contributed by atoms with Crippen LogP contribution in [0.2, 0.25) is 0 Å². The van der Waals surface area contributed by atoms with Gasteiger partial charge in [0.25, 0.3) is 11.8 Å². The maximum absolute atomic E-state index is 12.7. The number of benzene rings is 1. The van der Waals surface area contributed by atoms with E-state index in [-0.39, 0.29) is 11.8 Å². The van der Waals surface area contributed by atoms with Crippen LogP contribution in [0.4, 0.5) is 0 Å². The molecule has 24 heavy (non-hydrogen) atoms. The highest BCUT2D eigenvalue weighted by Gasteiger charge is 2.24. The van der Waals surface area contributed by atoms with E-state index < -0.39 is 6.10 Å². The molecule has 0 aliphatic carbocycles. The summed E-state index contributed by atoms with van der Waals surface area (Å²) in [6.07, 6.45) is 2.93. The van der Waals surface area contributed by atoms with E-state index in [1.54, 1.807) is 29.2 Å². The molecule has 1 fully saturated rings. The van der Waals surface area contributed by atoms with Gasteiger partial charge in [-0.15, -0.1) is 0 Å². The molecule has 0 aromatic heterocycles. The second kappa shape index (κ2) is 8.83. The Morgan fingerprint density at radius 2 is 1.88 bits per heavy atom. The molecule has 0 saturated carbocycles. The van der Waals surface area contributed by atoms with E-state index in [4.69, 9.17) is 0 Å². The number of piperidine rings is 1. The molecule has 132 valence electrons. The van der Waals surface area contributed by atoms with Gasteiger partial charge in [-0.1, -0.05) is 19.9 Å². The number of carbonyl (C=O) groups is 2. The van der Waals surface area contributed by atoms with Crippen LogP contribution in [0.3, 0.4) is 0 Å². The van der Waals surface area contributed by atoms with Crippen molar-refractivity contribution in [3.05, 3.63) is 35.4 Å². The molecule has 0 spiro atoms. The Morgan fingerprint density at radius 1 is 1.21 bits per heavy atom. The summed E-state index contributed by atoms with van der Waals surface area (Å²) in [5, 5.41) is 9.75. The lowest BCUT2D eigenvalue weighted by Gasteiger charge is -2.30. The largest absolute Gasteiger partial charge is 0.391 e. The van der Waals surface area contributed by atoms with Crippen LogP contribution in [-0.2, 0) is 0 Å². The summed E-state index contributed by atoms with van der Waals surface area (Å²) in [4.78, 5) is 28.8. The molecule has 2 amide bonds. The van der Waals surface area contributed by atoms with Crippen molar-refractivity contribution in [2.75, 3.05) is 26.2 Å². The summed E-state index contributed by atoms with van der Waals surface area (Å²) in [7, 11) is 0. The minimum absolute atomic E-state index is 0.0213. The van der Waals surface area contributed by atoms with Gasteiger partial charge in [0.1, 0.15) is 0 Å². The third-order valence-electron chi connectivity index (χ3n) is 4.31. The van der Waals surface area contributed by atoms with E-state index in [1.807, 2.05) is 4.90 Å². The highest BCUT2D eigenvalue weighted by atomic mass is 16.3. The second-order valence-electron chi connectivity index (χ2n) is 6.42. The van der Waals surface area contributed by atoms with Crippen molar-refractivity contribution in [1.82, 2.24) is 9.80 Å². The number of likely N-dealkylation sites (tertiary alicyclic amines) is 1. The van der Waals surface area contributed by atoms with E-state index in [0.717, 1.165) is 38.8 Å². The van der Waals surface area contributed by atoms with Crippen molar-refractivity contribution in [2.45, 2.75) is 45.6 Å². The zero-order valence-electron chi connectivity index (χ0n) is 14.7. The predicted octanol–water partition coefficient (Wildman–Crippen LogP) is 2.55. The zero-order valence-corrected chi connectivity index (χ0v) is 14.7. The van der Waals surface area contributed by atoms with Crippen molar-refractivity contribution < 1.29 is 14.7 Å².